The number of carboxylic acids is 1. The van der Waals surface area contributed by atoms with E-state index in [9.17, 15) is 23.8 Å². The maximum absolute atomic E-state index is 12.5. The average molecular weight is 694 g/mol. The fraction of sp³-hybridized carbons (Fsp3) is 0.914. The van der Waals surface area contributed by atoms with E-state index in [2.05, 4.69) is 18.4 Å². The summed E-state index contributed by atoms with van der Waals surface area (Å²) in [6.45, 7) is 2.77. The maximum atomic E-state index is 12.5. The van der Waals surface area contributed by atoms with Crippen LogP contribution in [0.25, 0.3) is 0 Å². The molecule has 0 saturated heterocycles. The number of hydrogen-bond acceptors (Lipinski definition) is 9. The van der Waals surface area contributed by atoms with Crippen LogP contribution < -0.4 is 5.73 Å². The molecule has 3 unspecified atom stereocenters. The second-order valence-electron chi connectivity index (χ2n) is 12.7. The van der Waals surface area contributed by atoms with Crippen molar-refractivity contribution < 1.29 is 47.5 Å². The normalized spacial score (nSPS) is 14.0. The molecule has 0 aliphatic carbocycles. The Kier molecular flexibility index (Phi) is 30.7. The molecule has 0 amide bonds. The highest BCUT2D eigenvalue weighted by Crippen LogP contribution is 2.43. The minimum absolute atomic E-state index is 0.168. The molecule has 4 N–H and O–H groups in total. The van der Waals surface area contributed by atoms with Crippen molar-refractivity contribution in [2.45, 2.75) is 187 Å². The first-order valence-electron chi connectivity index (χ1n) is 18.6. The lowest BCUT2D eigenvalue weighted by Gasteiger charge is -2.20. The zero-order chi connectivity index (χ0) is 35.0. The summed E-state index contributed by atoms with van der Waals surface area (Å²) in [6, 6.07) is -1.51. The highest BCUT2D eigenvalue weighted by atomic mass is 31.2. The van der Waals surface area contributed by atoms with Crippen LogP contribution >= 0.6 is 7.82 Å². The van der Waals surface area contributed by atoms with Crippen molar-refractivity contribution in [3.05, 3.63) is 0 Å². The Morgan fingerprint density at radius 3 is 1.34 bits per heavy atom. The summed E-state index contributed by atoms with van der Waals surface area (Å²) in [6.07, 6.45) is 26.0. The first kappa shape index (κ1) is 45.5. The maximum Gasteiger partial charge on any atom is 0.472 e. The molecule has 0 bridgehead atoms. The number of unbranched alkanes of at least 4 members (excludes halogenated alkanes) is 21. The van der Waals surface area contributed by atoms with Gasteiger partial charge >= 0.3 is 25.7 Å². The molecule has 47 heavy (non-hydrogen) atoms. The average Bonchev–Trinajstić information content (AvgIpc) is 3.04. The minimum Gasteiger partial charge on any atom is -0.480 e. The van der Waals surface area contributed by atoms with Gasteiger partial charge in [0.15, 0.2) is 6.10 Å². The SMILES string of the molecule is CCCCCCCCCCCCCCCC(=O)OC(COC(=O)CCCCCCCCCCCC)COP(=O)(O)OCC(N)C(=O)O. The molecule has 12 heteroatoms. The van der Waals surface area contributed by atoms with E-state index < -0.39 is 51.1 Å². The Balaban J connectivity index is 4.43. The lowest BCUT2D eigenvalue weighted by atomic mass is 10.0. The highest BCUT2D eigenvalue weighted by molar-refractivity contribution is 7.47. The Hall–Kier alpha value is -1.52. The summed E-state index contributed by atoms with van der Waals surface area (Å²) >= 11 is 0. The van der Waals surface area contributed by atoms with Gasteiger partial charge in [0.05, 0.1) is 13.2 Å². The Bertz CT molecular complexity index is 828. The molecule has 0 radical (unpaired) electrons. The van der Waals surface area contributed by atoms with Crippen molar-refractivity contribution in [3.63, 3.8) is 0 Å². The summed E-state index contributed by atoms with van der Waals surface area (Å²) in [5.41, 5.74) is 5.31. The van der Waals surface area contributed by atoms with Crippen LogP contribution in [-0.2, 0) is 37.5 Å². The van der Waals surface area contributed by atoms with Crippen LogP contribution in [0.15, 0.2) is 0 Å². The van der Waals surface area contributed by atoms with E-state index >= 15 is 0 Å². The number of aliphatic carboxylic acids is 1. The van der Waals surface area contributed by atoms with E-state index in [4.69, 9.17) is 24.8 Å². The van der Waals surface area contributed by atoms with Gasteiger partial charge in [-0.25, -0.2) is 4.57 Å². The number of rotatable bonds is 35. The van der Waals surface area contributed by atoms with Gasteiger partial charge < -0.3 is 25.2 Å². The van der Waals surface area contributed by atoms with Gasteiger partial charge in [-0.2, -0.15) is 0 Å². The van der Waals surface area contributed by atoms with Gasteiger partial charge in [0.1, 0.15) is 12.6 Å². The number of phosphoric ester groups is 1. The van der Waals surface area contributed by atoms with Gasteiger partial charge in [-0.05, 0) is 12.8 Å². The standard InChI is InChI=1S/C35H68NO10P/c1-3-5-7-9-11-13-15-16-17-19-21-23-25-27-34(38)46-31(29-44-47(41,42)45-30-32(36)35(39)40)28-43-33(37)26-24-22-20-18-14-12-10-8-6-4-2/h31-32H,3-30,36H2,1-2H3,(H,39,40)(H,41,42). The van der Waals surface area contributed by atoms with Crippen LogP contribution in [0.4, 0.5) is 0 Å². The van der Waals surface area contributed by atoms with Gasteiger partial charge in [-0.1, -0.05) is 149 Å². The molecule has 3 atom stereocenters. The molecule has 0 aromatic heterocycles. The second kappa shape index (κ2) is 31.7. The Labute approximate surface area is 285 Å². The van der Waals surface area contributed by atoms with E-state index in [0.717, 1.165) is 38.5 Å². The van der Waals surface area contributed by atoms with Crippen LogP contribution in [-0.4, -0.2) is 59.9 Å². The molecule has 0 aromatic carbocycles. The molecular formula is C35H68NO10P. The lowest BCUT2D eigenvalue weighted by Crippen LogP contribution is -2.34. The number of nitrogens with two attached hydrogens (primary N) is 1. The molecule has 0 aliphatic heterocycles. The van der Waals surface area contributed by atoms with Crippen LogP contribution in [0.5, 0.6) is 0 Å². The highest BCUT2D eigenvalue weighted by Gasteiger charge is 2.28. The van der Waals surface area contributed by atoms with Crippen LogP contribution in [0.1, 0.15) is 174 Å². The number of carbonyl (C=O) groups excluding carboxylic acids is 2. The van der Waals surface area contributed by atoms with Crippen LogP contribution in [0.3, 0.4) is 0 Å². The van der Waals surface area contributed by atoms with Gasteiger partial charge in [0.2, 0.25) is 0 Å². The molecule has 0 aliphatic rings. The predicted molar refractivity (Wildman–Crippen MR) is 185 cm³/mol. The van der Waals surface area contributed by atoms with Crippen molar-refractivity contribution in [2.75, 3.05) is 19.8 Å². The quantitative estimate of drug-likeness (QED) is 0.0329. The summed E-state index contributed by atoms with van der Waals surface area (Å²) < 4.78 is 32.5. The molecule has 0 rings (SSSR count). The molecule has 0 spiro atoms. The summed E-state index contributed by atoms with van der Waals surface area (Å²) in [7, 11) is -4.70. The molecule has 0 fully saturated rings. The second-order valence-corrected chi connectivity index (χ2v) is 14.2. The number of phosphoric acid groups is 1. The zero-order valence-electron chi connectivity index (χ0n) is 29.6. The van der Waals surface area contributed by atoms with Crippen LogP contribution in [0, 0.1) is 0 Å². The predicted octanol–water partition coefficient (Wildman–Crippen LogP) is 8.78. The molecule has 11 nitrogen and oxygen atoms in total. The van der Waals surface area contributed by atoms with Crippen LogP contribution in [0.2, 0.25) is 0 Å². The van der Waals surface area contributed by atoms with Crippen molar-refractivity contribution in [1.82, 2.24) is 0 Å². The van der Waals surface area contributed by atoms with E-state index in [-0.39, 0.29) is 19.4 Å². The van der Waals surface area contributed by atoms with Gasteiger partial charge in [0, 0.05) is 12.8 Å². The first-order chi connectivity index (χ1) is 22.6. The van der Waals surface area contributed by atoms with E-state index in [1.54, 1.807) is 0 Å². The van der Waals surface area contributed by atoms with Gasteiger partial charge in [-0.15, -0.1) is 0 Å². The Morgan fingerprint density at radius 1 is 0.574 bits per heavy atom. The monoisotopic (exact) mass is 693 g/mol. The number of ether oxygens (including phenoxy) is 2. The number of esters is 2. The largest absolute Gasteiger partial charge is 0.480 e. The molecule has 0 heterocycles. The Morgan fingerprint density at radius 2 is 0.936 bits per heavy atom. The number of hydrogen-bond donors (Lipinski definition) is 3. The van der Waals surface area contributed by atoms with Gasteiger partial charge in [-0.3, -0.25) is 23.4 Å². The van der Waals surface area contributed by atoms with Crippen molar-refractivity contribution in [3.8, 4) is 0 Å². The molecule has 278 valence electrons. The summed E-state index contributed by atoms with van der Waals surface area (Å²) in [4.78, 5) is 45.6. The number of carboxylic acid groups (broad SMARTS) is 1. The smallest absolute Gasteiger partial charge is 0.472 e. The number of carbonyl (C=O) groups is 3. The summed E-state index contributed by atoms with van der Waals surface area (Å²) in [5, 5.41) is 8.84. The molecule has 0 saturated carbocycles. The van der Waals surface area contributed by atoms with E-state index in [1.807, 2.05) is 0 Å². The van der Waals surface area contributed by atoms with Crippen molar-refractivity contribution in [2.24, 2.45) is 5.73 Å². The first-order valence-corrected chi connectivity index (χ1v) is 20.1. The fourth-order valence-corrected chi connectivity index (χ4v) is 5.90. The third-order valence-corrected chi connectivity index (χ3v) is 9.06. The van der Waals surface area contributed by atoms with Crippen molar-refractivity contribution in [1.29, 1.82) is 0 Å². The minimum atomic E-state index is -4.70. The molecule has 0 aromatic rings. The van der Waals surface area contributed by atoms with Gasteiger partial charge in [0.25, 0.3) is 0 Å². The topological polar surface area (TPSA) is 172 Å². The van der Waals surface area contributed by atoms with Crippen molar-refractivity contribution >= 4 is 25.7 Å². The third-order valence-electron chi connectivity index (χ3n) is 8.11. The van der Waals surface area contributed by atoms with E-state index in [1.165, 1.54) is 96.3 Å². The molecular weight excluding hydrogens is 625 g/mol. The summed E-state index contributed by atoms with van der Waals surface area (Å²) in [5.74, 6) is -2.37. The third kappa shape index (κ3) is 31.5. The van der Waals surface area contributed by atoms with E-state index in [0.29, 0.717) is 12.8 Å². The fourth-order valence-electron chi connectivity index (χ4n) is 5.12. The zero-order valence-corrected chi connectivity index (χ0v) is 30.5. The lowest BCUT2D eigenvalue weighted by molar-refractivity contribution is -0.161.